The molecule has 1 aromatic rings. The zero-order valence-corrected chi connectivity index (χ0v) is 19.7. The molecule has 6 aliphatic rings. The Kier molecular flexibility index (Phi) is 5.06. The molecule has 0 atom stereocenters. The van der Waals surface area contributed by atoms with Crippen LogP contribution in [0.25, 0.3) is 0 Å². The molecule has 0 aromatic heterocycles. The highest BCUT2D eigenvalue weighted by molar-refractivity contribution is 6.21. The highest BCUT2D eigenvalue weighted by atomic mass is 16.2. The Bertz CT molecular complexity index is 1040. The Morgan fingerprint density at radius 3 is 2.12 bits per heavy atom. The van der Waals surface area contributed by atoms with Crippen molar-refractivity contribution in [2.75, 3.05) is 45.1 Å². The summed E-state index contributed by atoms with van der Waals surface area (Å²) in [5, 5.41) is 2.85. The van der Waals surface area contributed by atoms with Gasteiger partial charge in [-0.05, 0) is 74.5 Å². The number of hydrogen-bond donors (Lipinski definition) is 1. The number of carbonyl (C=O) groups is 4. The Labute approximate surface area is 199 Å². The minimum atomic E-state index is -0.351. The number of carbonyl (C=O) groups excluding carboxylic acids is 4. The van der Waals surface area contributed by atoms with Gasteiger partial charge in [0.25, 0.3) is 11.8 Å². The molecule has 1 aromatic carbocycles. The third kappa shape index (κ3) is 3.54. The van der Waals surface area contributed by atoms with Crippen LogP contribution in [0.1, 0.15) is 59.2 Å². The normalized spacial score (nSPS) is 32.3. The van der Waals surface area contributed by atoms with E-state index in [1.807, 2.05) is 0 Å². The largest absolute Gasteiger partial charge is 0.340 e. The lowest BCUT2D eigenvalue weighted by molar-refractivity contribution is -0.159. The molecule has 180 valence electrons. The summed E-state index contributed by atoms with van der Waals surface area (Å²) in [6.45, 7) is 2.97. The number of benzene rings is 1. The zero-order valence-electron chi connectivity index (χ0n) is 19.7. The fourth-order valence-corrected chi connectivity index (χ4v) is 7.66. The lowest BCUT2D eigenvalue weighted by atomic mass is 9.49. The average Bonchev–Trinajstić information content (AvgIpc) is 3.02. The summed E-state index contributed by atoms with van der Waals surface area (Å²) < 4.78 is 0. The van der Waals surface area contributed by atoms with E-state index in [-0.39, 0.29) is 29.7 Å². The van der Waals surface area contributed by atoms with E-state index in [2.05, 4.69) is 15.1 Å². The summed E-state index contributed by atoms with van der Waals surface area (Å²) in [4.78, 5) is 55.7. The third-order valence-electron chi connectivity index (χ3n) is 8.89. The maximum absolute atomic E-state index is 13.6. The van der Waals surface area contributed by atoms with Gasteiger partial charge in [-0.15, -0.1) is 0 Å². The summed E-state index contributed by atoms with van der Waals surface area (Å²) in [5.41, 5.74) is 1.10. The number of fused-ring (bicyclic) bond motifs is 1. The first-order valence-electron chi connectivity index (χ1n) is 12.6. The molecule has 2 heterocycles. The molecule has 4 saturated carbocycles. The summed E-state index contributed by atoms with van der Waals surface area (Å²) in [6, 6.07) is 4.81. The van der Waals surface area contributed by atoms with Crippen molar-refractivity contribution >= 4 is 29.3 Å². The van der Waals surface area contributed by atoms with Crippen molar-refractivity contribution in [1.29, 1.82) is 0 Å². The SMILES string of the molecule is CN1C(=O)c2ccc(NC(=O)CN3CCN(C(=O)C45CC6CC(CC(C6)C4)C5)CC3)cc2C1=O. The first-order chi connectivity index (χ1) is 16.3. The monoisotopic (exact) mass is 464 g/mol. The van der Waals surface area contributed by atoms with Crippen molar-refractivity contribution in [2.24, 2.45) is 23.2 Å². The number of amides is 4. The molecule has 0 unspecified atom stereocenters. The molecule has 5 fully saturated rings. The first-order valence-corrected chi connectivity index (χ1v) is 12.6. The molecule has 34 heavy (non-hydrogen) atoms. The molecule has 1 N–H and O–H groups in total. The van der Waals surface area contributed by atoms with Gasteiger partial charge in [0.05, 0.1) is 23.1 Å². The number of nitrogens with one attached hydrogen (secondary N) is 1. The molecular formula is C26H32N4O4. The second-order valence-corrected chi connectivity index (χ2v) is 11.2. The molecule has 0 radical (unpaired) electrons. The second kappa shape index (κ2) is 7.90. The van der Waals surface area contributed by atoms with Crippen LogP contribution >= 0.6 is 0 Å². The summed E-state index contributed by atoms with van der Waals surface area (Å²) in [6.07, 6.45) is 7.27. The Hall–Kier alpha value is -2.74. The van der Waals surface area contributed by atoms with E-state index >= 15 is 0 Å². The predicted octanol–water partition coefficient (Wildman–Crippen LogP) is 2.21. The van der Waals surface area contributed by atoms with Crippen molar-refractivity contribution in [2.45, 2.75) is 38.5 Å². The first kappa shape index (κ1) is 21.8. The topological polar surface area (TPSA) is 90.0 Å². The molecule has 8 nitrogen and oxygen atoms in total. The molecule has 7 rings (SSSR count). The van der Waals surface area contributed by atoms with Gasteiger partial charge in [0.2, 0.25) is 11.8 Å². The third-order valence-corrected chi connectivity index (χ3v) is 8.89. The van der Waals surface area contributed by atoms with Gasteiger partial charge >= 0.3 is 0 Å². The van der Waals surface area contributed by atoms with E-state index in [9.17, 15) is 19.2 Å². The fourth-order valence-electron chi connectivity index (χ4n) is 7.66. The average molecular weight is 465 g/mol. The smallest absolute Gasteiger partial charge is 0.261 e. The number of imide groups is 1. The highest BCUT2D eigenvalue weighted by Gasteiger charge is 2.55. The van der Waals surface area contributed by atoms with Crippen LogP contribution in [0.3, 0.4) is 0 Å². The maximum Gasteiger partial charge on any atom is 0.261 e. The van der Waals surface area contributed by atoms with Crippen LogP contribution in [-0.2, 0) is 9.59 Å². The summed E-state index contributed by atoms with van der Waals surface area (Å²) in [7, 11) is 1.45. The quantitative estimate of drug-likeness (QED) is 0.690. The van der Waals surface area contributed by atoms with Crippen molar-refractivity contribution < 1.29 is 19.2 Å². The Morgan fingerprint density at radius 1 is 0.912 bits per heavy atom. The van der Waals surface area contributed by atoms with E-state index in [0.717, 1.165) is 41.9 Å². The van der Waals surface area contributed by atoms with Crippen LogP contribution in [0, 0.1) is 23.2 Å². The van der Waals surface area contributed by atoms with E-state index in [1.54, 1.807) is 18.2 Å². The van der Waals surface area contributed by atoms with Crippen LogP contribution in [0.4, 0.5) is 5.69 Å². The second-order valence-electron chi connectivity index (χ2n) is 11.2. The Morgan fingerprint density at radius 2 is 1.50 bits per heavy atom. The molecule has 8 heteroatoms. The van der Waals surface area contributed by atoms with Crippen LogP contribution < -0.4 is 5.32 Å². The molecule has 4 aliphatic carbocycles. The number of nitrogens with zero attached hydrogens (tertiary/aromatic N) is 3. The highest BCUT2D eigenvalue weighted by Crippen LogP contribution is 2.60. The molecule has 4 amide bonds. The van der Waals surface area contributed by atoms with Gasteiger partial charge in [0.15, 0.2) is 0 Å². The molecule has 0 spiro atoms. The number of piperazine rings is 1. The van der Waals surface area contributed by atoms with Crippen molar-refractivity contribution in [1.82, 2.24) is 14.7 Å². The summed E-state index contributed by atoms with van der Waals surface area (Å²) >= 11 is 0. The zero-order chi connectivity index (χ0) is 23.6. The van der Waals surface area contributed by atoms with Crippen LogP contribution in [-0.4, -0.2) is 78.1 Å². The number of anilines is 1. The van der Waals surface area contributed by atoms with Crippen LogP contribution in [0.5, 0.6) is 0 Å². The van der Waals surface area contributed by atoms with Gasteiger partial charge < -0.3 is 10.2 Å². The van der Waals surface area contributed by atoms with E-state index in [0.29, 0.717) is 48.9 Å². The van der Waals surface area contributed by atoms with Gasteiger partial charge in [-0.1, -0.05) is 0 Å². The Balaban J connectivity index is 1.03. The van der Waals surface area contributed by atoms with Crippen molar-refractivity contribution in [3.8, 4) is 0 Å². The van der Waals surface area contributed by atoms with Gasteiger partial charge in [0.1, 0.15) is 0 Å². The minimum Gasteiger partial charge on any atom is -0.340 e. The van der Waals surface area contributed by atoms with Crippen molar-refractivity contribution in [3.05, 3.63) is 29.3 Å². The van der Waals surface area contributed by atoms with E-state index < -0.39 is 0 Å². The maximum atomic E-state index is 13.6. The van der Waals surface area contributed by atoms with Crippen LogP contribution in [0.15, 0.2) is 18.2 Å². The van der Waals surface area contributed by atoms with Gasteiger partial charge in [-0.25, -0.2) is 0 Å². The lowest BCUT2D eigenvalue weighted by Crippen LogP contribution is -2.58. The molecule has 2 aliphatic heterocycles. The summed E-state index contributed by atoms with van der Waals surface area (Å²) in [5.74, 6) is 1.81. The van der Waals surface area contributed by atoms with Crippen LogP contribution in [0.2, 0.25) is 0 Å². The van der Waals surface area contributed by atoms with E-state index in [1.165, 1.54) is 26.3 Å². The molecule has 4 bridgehead atoms. The molecule has 1 saturated heterocycles. The fraction of sp³-hybridized carbons (Fsp3) is 0.615. The van der Waals surface area contributed by atoms with Gasteiger partial charge in [0, 0.05) is 38.9 Å². The predicted molar refractivity (Wildman–Crippen MR) is 125 cm³/mol. The van der Waals surface area contributed by atoms with Gasteiger partial charge in [-0.2, -0.15) is 0 Å². The molecular weight excluding hydrogens is 432 g/mol. The van der Waals surface area contributed by atoms with Gasteiger partial charge in [-0.3, -0.25) is 29.0 Å². The van der Waals surface area contributed by atoms with E-state index in [4.69, 9.17) is 0 Å². The number of hydrogen-bond acceptors (Lipinski definition) is 5. The number of rotatable bonds is 4. The van der Waals surface area contributed by atoms with Crippen molar-refractivity contribution in [3.63, 3.8) is 0 Å². The lowest BCUT2D eigenvalue weighted by Gasteiger charge is -2.57. The standard InChI is InChI=1S/C26H32N4O4/c1-28-23(32)20-3-2-19(11-21(20)24(28)33)27-22(31)15-29-4-6-30(7-5-29)25(34)26-12-16-8-17(13-26)10-18(9-16)14-26/h2-3,11,16-18H,4-10,12-15H2,1H3,(H,27,31). The minimum absolute atomic E-state index is 0.102.